The molecule has 0 aromatic heterocycles. The van der Waals surface area contributed by atoms with Gasteiger partial charge in [-0.15, -0.1) is 13.2 Å². The fraction of sp³-hybridized carbons (Fsp3) is 0.300. The van der Waals surface area contributed by atoms with Crippen molar-refractivity contribution in [1.29, 1.82) is 0 Å². The quantitative estimate of drug-likeness (QED) is 0.789. The van der Waals surface area contributed by atoms with Gasteiger partial charge in [0.2, 0.25) is 5.78 Å². The molecule has 1 aromatic carbocycles. The lowest BCUT2D eigenvalue weighted by Gasteiger charge is -2.10. The number of rotatable bonds is 3. The first-order valence-electron chi connectivity index (χ1n) is 4.52. The minimum atomic E-state index is -5.01. The molecule has 0 heterocycles. The topological polar surface area (TPSA) is 26.3 Å². The van der Waals surface area contributed by atoms with Crippen molar-refractivity contribution in [3.8, 4) is 5.75 Å². The van der Waals surface area contributed by atoms with Crippen molar-refractivity contribution in [3.05, 3.63) is 29.8 Å². The first-order chi connectivity index (χ1) is 8.08. The predicted molar refractivity (Wildman–Crippen MR) is 47.9 cm³/mol. The molecule has 0 fully saturated rings. The SMILES string of the molecule is O=C(Cc1cccc(OC(F)(F)F)c1)C(F)(F)F. The van der Waals surface area contributed by atoms with Gasteiger partial charge in [0.05, 0.1) is 0 Å². The highest BCUT2D eigenvalue weighted by Gasteiger charge is 2.38. The Hall–Kier alpha value is -1.73. The van der Waals surface area contributed by atoms with Gasteiger partial charge in [-0.2, -0.15) is 13.2 Å². The normalized spacial score (nSPS) is 12.3. The fourth-order valence-corrected chi connectivity index (χ4v) is 1.14. The number of hydrogen-bond donors (Lipinski definition) is 0. The van der Waals surface area contributed by atoms with E-state index in [1.54, 1.807) is 0 Å². The van der Waals surface area contributed by atoms with E-state index in [0.29, 0.717) is 0 Å². The van der Waals surface area contributed by atoms with Crippen LogP contribution in [0.1, 0.15) is 5.56 Å². The molecule has 18 heavy (non-hydrogen) atoms. The zero-order valence-electron chi connectivity index (χ0n) is 8.60. The van der Waals surface area contributed by atoms with Crippen LogP contribution in [0.5, 0.6) is 5.75 Å². The first-order valence-corrected chi connectivity index (χ1v) is 4.52. The monoisotopic (exact) mass is 272 g/mol. The van der Waals surface area contributed by atoms with Crippen LogP contribution < -0.4 is 4.74 Å². The van der Waals surface area contributed by atoms with Crippen LogP contribution >= 0.6 is 0 Å². The molecule has 100 valence electrons. The van der Waals surface area contributed by atoms with Crippen LogP contribution in [0.4, 0.5) is 26.3 Å². The molecule has 0 aliphatic heterocycles. The molecular weight excluding hydrogens is 266 g/mol. The Balaban J connectivity index is 2.80. The third-order valence-electron chi connectivity index (χ3n) is 1.81. The van der Waals surface area contributed by atoms with Gasteiger partial charge in [0.25, 0.3) is 0 Å². The summed E-state index contributed by atoms with van der Waals surface area (Å²) in [4.78, 5) is 10.6. The standard InChI is InChI=1S/C10H6F6O2/c11-9(12,13)8(17)5-6-2-1-3-7(4-6)18-10(14,15)16/h1-4H,5H2. The minimum Gasteiger partial charge on any atom is -0.406 e. The Bertz CT molecular complexity index is 435. The number of benzene rings is 1. The van der Waals surface area contributed by atoms with Gasteiger partial charge in [-0.05, 0) is 17.7 Å². The average molecular weight is 272 g/mol. The smallest absolute Gasteiger partial charge is 0.406 e. The van der Waals surface area contributed by atoms with E-state index >= 15 is 0 Å². The van der Waals surface area contributed by atoms with Crippen LogP contribution in [0.2, 0.25) is 0 Å². The van der Waals surface area contributed by atoms with Crippen LogP contribution in [0.15, 0.2) is 24.3 Å². The van der Waals surface area contributed by atoms with E-state index in [2.05, 4.69) is 4.74 Å². The van der Waals surface area contributed by atoms with Crippen LogP contribution in [0, 0.1) is 0 Å². The molecule has 8 heteroatoms. The molecule has 0 bridgehead atoms. The average Bonchev–Trinajstić information content (AvgIpc) is 2.13. The summed E-state index contributed by atoms with van der Waals surface area (Å²) >= 11 is 0. The minimum absolute atomic E-state index is 0.209. The second-order valence-electron chi connectivity index (χ2n) is 3.29. The largest absolute Gasteiger partial charge is 0.573 e. The summed E-state index contributed by atoms with van der Waals surface area (Å²) in [6.45, 7) is 0. The van der Waals surface area contributed by atoms with Gasteiger partial charge in [0.15, 0.2) is 0 Å². The van der Waals surface area contributed by atoms with E-state index in [4.69, 9.17) is 0 Å². The lowest BCUT2D eigenvalue weighted by Crippen LogP contribution is -2.24. The maximum Gasteiger partial charge on any atom is 0.573 e. The first kappa shape index (κ1) is 14.3. The van der Waals surface area contributed by atoms with Crippen molar-refractivity contribution in [1.82, 2.24) is 0 Å². The number of hydrogen-bond acceptors (Lipinski definition) is 2. The second kappa shape index (κ2) is 4.87. The van der Waals surface area contributed by atoms with E-state index in [9.17, 15) is 31.1 Å². The Morgan fingerprint density at radius 1 is 1.11 bits per heavy atom. The summed E-state index contributed by atoms with van der Waals surface area (Å²) in [7, 11) is 0. The summed E-state index contributed by atoms with van der Waals surface area (Å²) in [6, 6.07) is 3.83. The van der Waals surface area contributed by atoms with Crippen LogP contribution in [-0.4, -0.2) is 18.3 Å². The maximum absolute atomic E-state index is 11.9. The summed E-state index contributed by atoms with van der Waals surface area (Å²) in [5.74, 6) is -2.71. The molecule has 2 nitrogen and oxygen atoms in total. The van der Waals surface area contributed by atoms with Crippen molar-refractivity contribution in [2.45, 2.75) is 19.0 Å². The zero-order chi connectivity index (χ0) is 14.0. The van der Waals surface area contributed by atoms with Crippen molar-refractivity contribution < 1.29 is 35.9 Å². The van der Waals surface area contributed by atoms with Crippen LogP contribution in [0.25, 0.3) is 0 Å². The van der Waals surface area contributed by atoms with E-state index in [0.717, 1.165) is 24.3 Å². The molecular formula is C10H6F6O2. The van der Waals surface area contributed by atoms with Crippen molar-refractivity contribution in [3.63, 3.8) is 0 Å². The lowest BCUT2D eigenvalue weighted by molar-refractivity contribution is -0.274. The van der Waals surface area contributed by atoms with Gasteiger partial charge in [-0.1, -0.05) is 12.1 Å². The van der Waals surface area contributed by atoms with Gasteiger partial charge >= 0.3 is 12.5 Å². The van der Waals surface area contributed by atoms with E-state index in [-0.39, 0.29) is 5.56 Å². The Labute approximate surface area is 97.2 Å². The maximum atomic E-state index is 11.9. The van der Waals surface area contributed by atoms with Gasteiger partial charge < -0.3 is 4.74 Å². The highest BCUT2D eigenvalue weighted by Crippen LogP contribution is 2.25. The molecule has 0 aliphatic carbocycles. The number of carbonyl (C=O) groups excluding carboxylic acids is 1. The Kier molecular flexibility index (Phi) is 3.88. The number of carbonyl (C=O) groups is 1. The molecule has 0 atom stereocenters. The molecule has 1 aromatic rings. The lowest BCUT2D eigenvalue weighted by atomic mass is 10.1. The third-order valence-corrected chi connectivity index (χ3v) is 1.81. The third kappa shape index (κ3) is 4.64. The second-order valence-corrected chi connectivity index (χ2v) is 3.29. The van der Waals surface area contributed by atoms with E-state index in [1.165, 1.54) is 0 Å². The summed E-state index contributed by atoms with van der Waals surface area (Å²) in [6.07, 6.45) is -11.0. The number of Topliss-reactive ketones (excluding diaryl/α,β-unsaturated/α-hetero) is 1. The van der Waals surface area contributed by atoms with E-state index in [1.807, 2.05) is 0 Å². The van der Waals surface area contributed by atoms with Gasteiger partial charge in [0, 0.05) is 6.42 Å². The Morgan fingerprint density at radius 3 is 2.22 bits per heavy atom. The van der Waals surface area contributed by atoms with Gasteiger partial charge in [0.1, 0.15) is 5.75 Å². The van der Waals surface area contributed by atoms with Crippen molar-refractivity contribution in [2.24, 2.45) is 0 Å². The molecule has 0 aliphatic rings. The zero-order valence-corrected chi connectivity index (χ0v) is 8.60. The highest BCUT2D eigenvalue weighted by atomic mass is 19.4. The highest BCUT2D eigenvalue weighted by molar-refractivity contribution is 5.86. The molecule has 0 saturated heterocycles. The number of alkyl halides is 6. The van der Waals surface area contributed by atoms with Gasteiger partial charge in [-0.25, -0.2) is 0 Å². The predicted octanol–water partition coefficient (Wildman–Crippen LogP) is 3.26. The van der Waals surface area contributed by atoms with Crippen LogP contribution in [-0.2, 0) is 11.2 Å². The number of ketones is 1. The summed E-state index contributed by atoms with van der Waals surface area (Å²) < 4.78 is 74.9. The molecule has 0 radical (unpaired) electrons. The molecule has 1 rings (SSSR count). The summed E-state index contributed by atoms with van der Waals surface area (Å²) in [5.41, 5.74) is -0.209. The van der Waals surface area contributed by atoms with Crippen LogP contribution in [0.3, 0.4) is 0 Å². The molecule has 0 amide bonds. The molecule has 0 spiro atoms. The molecule has 0 N–H and O–H groups in total. The van der Waals surface area contributed by atoms with Gasteiger partial charge in [-0.3, -0.25) is 4.79 Å². The van der Waals surface area contributed by atoms with Crippen molar-refractivity contribution >= 4 is 5.78 Å². The Morgan fingerprint density at radius 2 is 1.72 bits per heavy atom. The summed E-state index contributed by atoms with van der Waals surface area (Å²) in [5, 5.41) is 0. The molecule has 0 saturated carbocycles. The van der Waals surface area contributed by atoms with Crippen molar-refractivity contribution in [2.75, 3.05) is 0 Å². The van der Waals surface area contributed by atoms with E-state index < -0.39 is 30.5 Å². The fourth-order valence-electron chi connectivity index (χ4n) is 1.14. The number of ether oxygens (including phenoxy) is 1. The molecule has 0 unspecified atom stereocenters. The number of halogens is 6.